The molecule has 1 saturated heterocycles. The van der Waals surface area contributed by atoms with Gasteiger partial charge in [-0.3, -0.25) is 9.36 Å². The third kappa shape index (κ3) is 6.95. The zero-order valence-corrected chi connectivity index (χ0v) is 24.8. The molecule has 2 aromatic carbocycles. The number of alkyl halides is 6. The van der Waals surface area contributed by atoms with E-state index in [0.717, 1.165) is 23.4 Å². The van der Waals surface area contributed by atoms with E-state index < -0.39 is 69.8 Å². The molecular weight excluding hydrogens is 672 g/mol. The number of carbonyl (C=O) groups is 1. The predicted octanol–water partition coefficient (Wildman–Crippen LogP) is 2.81. The number of nitrogens with zero attached hydrogens (tertiary/aromatic N) is 7. The number of aliphatic hydroxyl groups is 1. The molecule has 3 heterocycles. The van der Waals surface area contributed by atoms with Crippen molar-refractivity contribution in [3.8, 4) is 17.1 Å². The third-order valence-corrected chi connectivity index (χ3v) is 8.88. The van der Waals surface area contributed by atoms with E-state index in [0.29, 0.717) is 20.0 Å². The van der Waals surface area contributed by atoms with Gasteiger partial charge in [-0.05, 0) is 36.4 Å². The van der Waals surface area contributed by atoms with Gasteiger partial charge in [0, 0.05) is 23.7 Å². The Morgan fingerprint density at radius 1 is 1.00 bits per heavy atom. The summed E-state index contributed by atoms with van der Waals surface area (Å²) in [6.45, 7) is -2.30. The molecule has 4 aromatic rings. The summed E-state index contributed by atoms with van der Waals surface area (Å²) in [5, 5.41) is 18.0. The highest BCUT2D eigenvalue weighted by atomic mass is 35.5. The first kappa shape index (κ1) is 33.1. The van der Waals surface area contributed by atoms with Gasteiger partial charge in [0.05, 0.1) is 34.9 Å². The monoisotopic (exact) mass is 693 g/mol. The van der Waals surface area contributed by atoms with E-state index in [4.69, 9.17) is 11.6 Å². The number of aromatic nitrogens is 6. The summed E-state index contributed by atoms with van der Waals surface area (Å²) < 4.78 is 107. The van der Waals surface area contributed by atoms with Crippen LogP contribution in [0.3, 0.4) is 0 Å². The Morgan fingerprint density at radius 3 is 2.26 bits per heavy atom. The first-order valence-electron chi connectivity index (χ1n) is 13.2. The van der Waals surface area contributed by atoms with E-state index in [1.165, 1.54) is 24.3 Å². The molecule has 1 atom stereocenters. The van der Waals surface area contributed by atoms with Gasteiger partial charge >= 0.3 is 18.0 Å². The minimum Gasteiger partial charge on any atom is -0.382 e. The average Bonchev–Trinajstić information content (AvgIpc) is 3.56. The standard InChI is InChI=1S/C26H22ClF6N7O5S/c27-16-6-4-15(5-7-16)22-36-39(24(43)38(22)12-19(41)26(31,32)33)13-20-34-14-40(35-20)21-17(2-1-3-18(21)25(28,29)30)23(42)37-8-10-46(44,45)11-9-37/h1-7,14,19,41H,8-13H2/t19-/m0/s1. The number of sulfone groups is 1. The fraction of sp³-hybridized carbons (Fsp3) is 0.346. The zero-order chi connectivity index (χ0) is 33.6. The van der Waals surface area contributed by atoms with Gasteiger partial charge in [0.2, 0.25) is 0 Å². The molecule has 20 heteroatoms. The smallest absolute Gasteiger partial charge is 0.382 e. The number of hydrogen-bond donors (Lipinski definition) is 1. The van der Waals surface area contributed by atoms with Crippen LogP contribution in [0, 0.1) is 0 Å². The van der Waals surface area contributed by atoms with Crippen molar-refractivity contribution in [2.75, 3.05) is 24.6 Å². The molecule has 1 aliphatic heterocycles. The SMILES string of the molecule is O=C(c1cccc(C(F)(F)F)c1-n1cnc(Cn2nc(-c3ccc(Cl)cc3)n(C[C@H](O)C(F)(F)F)c2=O)n1)N1CCS(=O)(=O)CC1. The van der Waals surface area contributed by atoms with Crippen molar-refractivity contribution in [1.82, 2.24) is 34.0 Å². The van der Waals surface area contributed by atoms with Gasteiger partial charge in [0.25, 0.3) is 5.91 Å². The molecule has 0 aliphatic carbocycles. The lowest BCUT2D eigenvalue weighted by Gasteiger charge is -2.28. The van der Waals surface area contributed by atoms with Crippen LogP contribution in [0.5, 0.6) is 0 Å². The normalized spacial score (nSPS) is 16.0. The van der Waals surface area contributed by atoms with E-state index in [2.05, 4.69) is 15.2 Å². The van der Waals surface area contributed by atoms with E-state index in [1.54, 1.807) is 0 Å². The fourth-order valence-corrected chi connectivity index (χ4v) is 6.01. The Labute approximate surface area is 260 Å². The van der Waals surface area contributed by atoms with Gasteiger partial charge in [0.15, 0.2) is 27.6 Å². The Balaban J connectivity index is 1.53. The molecule has 12 nitrogen and oxygen atoms in total. The average molecular weight is 694 g/mol. The zero-order valence-electron chi connectivity index (χ0n) is 23.2. The summed E-state index contributed by atoms with van der Waals surface area (Å²) in [4.78, 5) is 31.5. The molecule has 246 valence electrons. The lowest BCUT2D eigenvalue weighted by atomic mass is 10.0. The van der Waals surface area contributed by atoms with E-state index in [-0.39, 0.29) is 46.8 Å². The van der Waals surface area contributed by atoms with Crippen molar-refractivity contribution >= 4 is 27.3 Å². The number of amides is 1. The number of para-hydroxylation sites is 1. The highest BCUT2D eigenvalue weighted by molar-refractivity contribution is 7.91. The second-order valence-electron chi connectivity index (χ2n) is 10.2. The highest BCUT2D eigenvalue weighted by Gasteiger charge is 2.40. The topological polar surface area (TPSA) is 145 Å². The minimum atomic E-state index is -5.07. The number of aliphatic hydroxyl groups excluding tert-OH is 1. The van der Waals surface area contributed by atoms with Crippen LogP contribution >= 0.6 is 11.6 Å². The number of benzene rings is 2. The van der Waals surface area contributed by atoms with Gasteiger partial charge in [-0.25, -0.2) is 27.6 Å². The fourth-order valence-electron chi connectivity index (χ4n) is 4.69. The molecule has 2 aromatic heterocycles. The van der Waals surface area contributed by atoms with Crippen molar-refractivity contribution in [1.29, 1.82) is 0 Å². The molecule has 5 rings (SSSR count). The van der Waals surface area contributed by atoms with E-state index >= 15 is 0 Å². The lowest BCUT2D eigenvalue weighted by Crippen LogP contribution is -2.44. The molecule has 1 amide bonds. The summed E-state index contributed by atoms with van der Waals surface area (Å²) in [6, 6.07) is 8.39. The van der Waals surface area contributed by atoms with Gasteiger partial charge in [0.1, 0.15) is 12.9 Å². The van der Waals surface area contributed by atoms with E-state index in [1.807, 2.05) is 0 Å². The summed E-state index contributed by atoms with van der Waals surface area (Å²) in [6.07, 6.45) is -12.1. The van der Waals surface area contributed by atoms with Crippen LogP contribution in [0.1, 0.15) is 21.7 Å². The van der Waals surface area contributed by atoms with Crippen LogP contribution in [-0.4, -0.2) is 90.3 Å². The molecule has 0 unspecified atom stereocenters. The summed E-state index contributed by atoms with van der Waals surface area (Å²) in [5.41, 5.74) is -3.36. The number of rotatable bonds is 7. The highest BCUT2D eigenvalue weighted by Crippen LogP contribution is 2.36. The molecule has 1 aliphatic rings. The maximum atomic E-state index is 14.1. The van der Waals surface area contributed by atoms with Crippen molar-refractivity contribution in [3.63, 3.8) is 0 Å². The quantitative estimate of drug-likeness (QED) is 0.291. The summed E-state index contributed by atoms with van der Waals surface area (Å²) in [5.74, 6) is -2.17. The van der Waals surface area contributed by atoms with Crippen LogP contribution in [0.15, 0.2) is 53.6 Å². The number of carbonyl (C=O) groups excluding carboxylic acids is 1. The minimum absolute atomic E-state index is 0.167. The maximum absolute atomic E-state index is 14.1. The molecule has 46 heavy (non-hydrogen) atoms. The first-order chi connectivity index (χ1) is 21.4. The Morgan fingerprint density at radius 2 is 1.65 bits per heavy atom. The first-order valence-corrected chi connectivity index (χ1v) is 15.4. The molecule has 1 fully saturated rings. The molecule has 0 saturated carbocycles. The Kier molecular flexibility index (Phi) is 8.77. The van der Waals surface area contributed by atoms with Crippen LogP contribution in [0.25, 0.3) is 17.1 Å². The van der Waals surface area contributed by atoms with Gasteiger partial charge in [-0.1, -0.05) is 17.7 Å². The van der Waals surface area contributed by atoms with Crippen molar-refractivity contribution in [3.05, 3.63) is 81.3 Å². The van der Waals surface area contributed by atoms with Gasteiger partial charge < -0.3 is 10.0 Å². The molecule has 1 N–H and O–H groups in total. The van der Waals surface area contributed by atoms with Crippen molar-refractivity contribution < 1.29 is 44.7 Å². The van der Waals surface area contributed by atoms with Crippen LogP contribution in [0.2, 0.25) is 5.02 Å². The van der Waals surface area contributed by atoms with Gasteiger partial charge in [-0.15, -0.1) is 10.2 Å². The van der Waals surface area contributed by atoms with Crippen LogP contribution in [0.4, 0.5) is 26.3 Å². The van der Waals surface area contributed by atoms with E-state index in [9.17, 15) is 49.5 Å². The number of hydrogen-bond acceptors (Lipinski definition) is 8. The summed E-state index contributed by atoms with van der Waals surface area (Å²) in [7, 11) is -3.40. The van der Waals surface area contributed by atoms with Gasteiger partial charge in [-0.2, -0.15) is 26.3 Å². The Bertz CT molecular complexity index is 1920. The largest absolute Gasteiger partial charge is 0.418 e. The molecule has 0 bridgehead atoms. The van der Waals surface area contributed by atoms with Crippen LogP contribution in [-0.2, 0) is 29.1 Å². The predicted molar refractivity (Wildman–Crippen MR) is 149 cm³/mol. The molecular formula is C26H22ClF6N7O5S. The molecule has 0 radical (unpaired) electrons. The second-order valence-corrected chi connectivity index (χ2v) is 12.9. The van der Waals surface area contributed by atoms with Crippen molar-refractivity contribution in [2.45, 2.75) is 31.5 Å². The summed E-state index contributed by atoms with van der Waals surface area (Å²) >= 11 is 5.88. The van der Waals surface area contributed by atoms with Crippen molar-refractivity contribution in [2.24, 2.45) is 0 Å². The maximum Gasteiger partial charge on any atom is 0.418 e. The lowest BCUT2D eigenvalue weighted by molar-refractivity contribution is -0.207. The second kappa shape index (κ2) is 12.2. The number of halogens is 7. The van der Waals surface area contributed by atoms with Crippen LogP contribution < -0.4 is 5.69 Å². The molecule has 0 spiro atoms. The Hall–Kier alpha value is -4.23. The third-order valence-electron chi connectivity index (χ3n) is 7.02.